The zero-order valence-corrected chi connectivity index (χ0v) is 23.9. The standard InChI is InChI=1S/C29H38N8O3/c1-28(2)7-11-35(12-8-28)22-13-18(29(3,4)30)14-23(33-22)40-24-19-15-36(16-20(19)24)26(38)21-17-37(34-25(21)39-5)27-31-9-6-10-32-27/h6,9-10,13-14,17,19-20,24H,7-8,11-12,15-16,30H2,1-5H3/t19-,20+,24+. The van der Waals surface area contributed by atoms with E-state index < -0.39 is 5.54 Å². The van der Waals surface area contributed by atoms with Gasteiger partial charge >= 0.3 is 0 Å². The van der Waals surface area contributed by atoms with E-state index in [1.165, 1.54) is 11.8 Å². The largest absolute Gasteiger partial charge is 0.479 e. The topological polar surface area (TPSA) is 125 Å². The summed E-state index contributed by atoms with van der Waals surface area (Å²) in [5.74, 6) is 2.57. The van der Waals surface area contributed by atoms with Crippen LogP contribution in [0.25, 0.3) is 5.95 Å². The van der Waals surface area contributed by atoms with Crippen LogP contribution >= 0.6 is 0 Å². The van der Waals surface area contributed by atoms with Crippen LogP contribution < -0.4 is 20.1 Å². The number of carbonyl (C=O) groups excluding carboxylic acids is 1. The van der Waals surface area contributed by atoms with Gasteiger partial charge in [-0.25, -0.2) is 14.6 Å². The number of anilines is 1. The van der Waals surface area contributed by atoms with Crippen LogP contribution in [0.2, 0.25) is 0 Å². The van der Waals surface area contributed by atoms with Crippen molar-refractivity contribution < 1.29 is 14.3 Å². The molecule has 3 atom stereocenters. The number of amides is 1. The lowest BCUT2D eigenvalue weighted by Crippen LogP contribution is -2.38. The number of pyridine rings is 1. The Kier molecular flexibility index (Phi) is 6.44. The first kappa shape index (κ1) is 26.5. The van der Waals surface area contributed by atoms with E-state index in [4.69, 9.17) is 20.2 Å². The molecule has 1 amide bonds. The van der Waals surface area contributed by atoms with E-state index in [0.717, 1.165) is 37.3 Å². The normalized spacial score (nSPS) is 23.6. The van der Waals surface area contributed by atoms with Crippen molar-refractivity contribution in [3.63, 3.8) is 0 Å². The van der Waals surface area contributed by atoms with Crippen LogP contribution in [-0.2, 0) is 5.54 Å². The van der Waals surface area contributed by atoms with Crippen LogP contribution in [0.3, 0.4) is 0 Å². The number of fused-ring (bicyclic) bond motifs is 1. The summed E-state index contributed by atoms with van der Waals surface area (Å²) in [5, 5.41) is 4.35. The molecule has 6 rings (SSSR count). The third kappa shape index (κ3) is 5.10. The van der Waals surface area contributed by atoms with Crippen LogP contribution in [-0.4, -0.2) is 74.9 Å². The maximum atomic E-state index is 13.4. The molecule has 1 saturated carbocycles. The monoisotopic (exact) mass is 546 g/mol. The molecule has 3 aromatic heterocycles. The molecule has 3 aromatic rings. The Morgan fingerprint density at radius 2 is 1.77 bits per heavy atom. The summed E-state index contributed by atoms with van der Waals surface area (Å²) in [6.07, 6.45) is 7.16. The molecule has 40 heavy (non-hydrogen) atoms. The summed E-state index contributed by atoms with van der Waals surface area (Å²) >= 11 is 0. The lowest BCUT2D eigenvalue weighted by atomic mass is 9.82. The van der Waals surface area contributed by atoms with Gasteiger partial charge in [-0.15, -0.1) is 5.10 Å². The van der Waals surface area contributed by atoms with Gasteiger partial charge in [0, 0.05) is 62.0 Å². The van der Waals surface area contributed by atoms with E-state index in [9.17, 15) is 4.79 Å². The molecule has 1 aliphatic carbocycles. The quantitative estimate of drug-likeness (QED) is 0.476. The molecular weight excluding hydrogens is 508 g/mol. The minimum absolute atomic E-state index is 0.0307. The molecule has 0 bridgehead atoms. The van der Waals surface area contributed by atoms with Gasteiger partial charge in [0.1, 0.15) is 17.5 Å². The molecule has 3 fully saturated rings. The number of rotatable bonds is 7. The highest BCUT2D eigenvalue weighted by atomic mass is 16.5. The molecule has 212 valence electrons. The van der Waals surface area contributed by atoms with Crippen LogP contribution in [0.4, 0.5) is 5.82 Å². The number of ether oxygens (including phenoxy) is 2. The molecule has 2 N–H and O–H groups in total. The Labute approximate surface area is 234 Å². The Morgan fingerprint density at radius 3 is 2.40 bits per heavy atom. The van der Waals surface area contributed by atoms with Crippen molar-refractivity contribution in [2.75, 3.05) is 38.2 Å². The molecule has 11 heteroatoms. The molecule has 5 heterocycles. The molecule has 0 unspecified atom stereocenters. The third-order valence-corrected chi connectivity index (χ3v) is 8.49. The van der Waals surface area contributed by atoms with E-state index in [1.807, 2.05) is 24.8 Å². The van der Waals surface area contributed by atoms with E-state index in [1.54, 1.807) is 24.7 Å². The highest BCUT2D eigenvalue weighted by molar-refractivity contribution is 5.96. The number of carbonyl (C=O) groups is 1. The second-order valence-corrected chi connectivity index (χ2v) is 12.6. The summed E-state index contributed by atoms with van der Waals surface area (Å²) in [5.41, 5.74) is 7.74. The first-order valence-electron chi connectivity index (χ1n) is 14.0. The average Bonchev–Trinajstić information content (AvgIpc) is 3.27. The Hall–Kier alpha value is -3.73. The van der Waals surface area contributed by atoms with Gasteiger partial charge in [0.25, 0.3) is 11.9 Å². The number of piperidine rings is 2. The lowest BCUT2D eigenvalue weighted by Gasteiger charge is -2.38. The van der Waals surface area contributed by atoms with E-state index in [2.05, 4.69) is 39.9 Å². The van der Waals surface area contributed by atoms with Crippen molar-refractivity contribution in [2.45, 2.75) is 52.2 Å². The number of hydrogen-bond acceptors (Lipinski definition) is 9. The molecule has 0 aromatic carbocycles. The third-order valence-electron chi connectivity index (χ3n) is 8.49. The molecule has 0 radical (unpaired) electrons. The summed E-state index contributed by atoms with van der Waals surface area (Å²) in [6.45, 7) is 11.8. The zero-order valence-electron chi connectivity index (χ0n) is 23.9. The fraction of sp³-hybridized carbons (Fsp3) is 0.552. The van der Waals surface area contributed by atoms with E-state index in [-0.39, 0.29) is 29.7 Å². The van der Waals surface area contributed by atoms with Gasteiger partial charge < -0.3 is 25.0 Å². The molecular formula is C29H38N8O3. The fourth-order valence-corrected chi connectivity index (χ4v) is 5.72. The van der Waals surface area contributed by atoms with Gasteiger partial charge in [0.05, 0.1) is 13.3 Å². The number of likely N-dealkylation sites (tertiary alicyclic amines) is 1. The summed E-state index contributed by atoms with van der Waals surface area (Å²) < 4.78 is 13.3. The zero-order chi connectivity index (χ0) is 28.2. The predicted molar refractivity (Wildman–Crippen MR) is 150 cm³/mol. The van der Waals surface area contributed by atoms with Crippen LogP contribution in [0.5, 0.6) is 11.8 Å². The SMILES string of the molecule is COc1nn(-c2ncccn2)cc1C(=O)N1C[C@@H]2[C@H](C1)[C@H]2Oc1cc(C(C)(C)N)cc(N2CCC(C)(C)CC2)n1. The number of methoxy groups -OCH3 is 1. The lowest BCUT2D eigenvalue weighted by molar-refractivity contribution is 0.0748. The van der Waals surface area contributed by atoms with Gasteiger partial charge in [-0.05, 0) is 49.8 Å². The van der Waals surface area contributed by atoms with Crippen LogP contribution in [0.1, 0.15) is 56.5 Å². The van der Waals surface area contributed by atoms with Gasteiger partial charge in [-0.3, -0.25) is 4.79 Å². The second-order valence-electron chi connectivity index (χ2n) is 12.6. The smallest absolute Gasteiger partial charge is 0.261 e. The first-order valence-corrected chi connectivity index (χ1v) is 14.0. The van der Waals surface area contributed by atoms with Crippen molar-refractivity contribution in [1.82, 2.24) is 29.6 Å². The average molecular weight is 547 g/mol. The summed E-state index contributed by atoms with van der Waals surface area (Å²) in [6, 6.07) is 5.80. The van der Waals surface area contributed by atoms with Gasteiger partial charge in [-0.2, -0.15) is 4.98 Å². The van der Waals surface area contributed by atoms with Crippen molar-refractivity contribution in [1.29, 1.82) is 0 Å². The fourth-order valence-electron chi connectivity index (χ4n) is 5.72. The number of nitrogens with two attached hydrogens (primary N) is 1. The summed E-state index contributed by atoms with van der Waals surface area (Å²) in [7, 11) is 1.50. The van der Waals surface area contributed by atoms with Crippen molar-refractivity contribution in [3.05, 3.63) is 47.9 Å². The van der Waals surface area contributed by atoms with E-state index >= 15 is 0 Å². The highest BCUT2D eigenvalue weighted by Gasteiger charge is 2.59. The molecule has 2 aliphatic heterocycles. The minimum atomic E-state index is -0.512. The molecule has 0 spiro atoms. The maximum Gasteiger partial charge on any atom is 0.261 e. The van der Waals surface area contributed by atoms with Gasteiger partial charge in [0.15, 0.2) is 0 Å². The van der Waals surface area contributed by atoms with Crippen molar-refractivity contribution in [2.24, 2.45) is 23.0 Å². The maximum absolute atomic E-state index is 13.4. The highest BCUT2D eigenvalue weighted by Crippen LogP contribution is 2.48. The second kappa shape index (κ2) is 9.72. The van der Waals surface area contributed by atoms with Gasteiger partial charge in [-0.1, -0.05) is 13.8 Å². The minimum Gasteiger partial charge on any atom is -0.479 e. The molecule has 11 nitrogen and oxygen atoms in total. The van der Waals surface area contributed by atoms with Crippen molar-refractivity contribution in [3.8, 4) is 17.7 Å². The van der Waals surface area contributed by atoms with Crippen molar-refractivity contribution >= 4 is 11.7 Å². The first-order chi connectivity index (χ1) is 19.0. The van der Waals surface area contributed by atoms with Gasteiger partial charge in [0.2, 0.25) is 11.8 Å². The Balaban J connectivity index is 1.14. The van der Waals surface area contributed by atoms with E-state index in [0.29, 0.717) is 35.9 Å². The summed E-state index contributed by atoms with van der Waals surface area (Å²) in [4.78, 5) is 30.9. The molecule has 3 aliphatic rings. The van der Waals surface area contributed by atoms with Crippen LogP contribution in [0.15, 0.2) is 36.8 Å². The Morgan fingerprint density at radius 1 is 1.10 bits per heavy atom. The van der Waals surface area contributed by atoms with Crippen LogP contribution in [0, 0.1) is 17.3 Å². The number of hydrogen-bond donors (Lipinski definition) is 1. The molecule has 2 saturated heterocycles. The Bertz CT molecular complexity index is 1380. The number of aromatic nitrogens is 5. The predicted octanol–water partition coefficient (Wildman–Crippen LogP) is 3.04. The number of nitrogens with zero attached hydrogens (tertiary/aromatic N) is 7.